The highest BCUT2D eigenvalue weighted by Gasteiger charge is 2.24. The number of esters is 1. The maximum atomic E-state index is 12.1. The highest BCUT2D eigenvalue weighted by Crippen LogP contribution is 2.19. The first-order valence-corrected chi connectivity index (χ1v) is 7.12. The second kappa shape index (κ2) is 6.95. The molecule has 1 atom stereocenters. The van der Waals surface area contributed by atoms with Crippen LogP contribution in [0.2, 0.25) is 0 Å². The molecule has 0 aromatic carbocycles. The molecule has 0 saturated carbocycles. The lowest BCUT2D eigenvalue weighted by atomic mass is 10.3. The molecule has 0 radical (unpaired) electrons. The molecule has 1 amide bonds. The van der Waals surface area contributed by atoms with E-state index in [1.807, 2.05) is 6.92 Å². The monoisotopic (exact) mass is 349 g/mol. The van der Waals surface area contributed by atoms with Crippen LogP contribution >= 0.6 is 28.6 Å². The van der Waals surface area contributed by atoms with E-state index in [1.54, 1.807) is 18.7 Å². The first-order chi connectivity index (χ1) is 8.92. The lowest BCUT2D eigenvalue weighted by Crippen LogP contribution is -2.43. The average Bonchev–Trinajstić information content (AvgIpc) is 2.63. The number of ether oxygens (including phenoxy) is 1. The van der Waals surface area contributed by atoms with E-state index in [9.17, 15) is 9.59 Å². The van der Waals surface area contributed by atoms with Gasteiger partial charge < -0.3 is 10.1 Å². The molecule has 0 spiro atoms. The summed E-state index contributed by atoms with van der Waals surface area (Å²) in [5.41, 5.74) is 1.06. The van der Waals surface area contributed by atoms with Crippen molar-refractivity contribution in [3.63, 3.8) is 0 Å². The lowest BCUT2D eigenvalue weighted by Gasteiger charge is -2.14. The van der Waals surface area contributed by atoms with E-state index in [0.717, 1.165) is 5.69 Å². The molecular formula is C11H16BrN3O3S. The average molecular weight is 350 g/mol. The number of thiol groups is 1. The minimum atomic E-state index is -0.787. The molecule has 0 unspecified atom stereocenters. The van der Waals surface area contributed by atoms with Crippen LogP contribution in [-0.2, 0) is 16.6 Å². The Labute approximate surface area is 125 Å². The van der Waals surface area contributed by atoms with Crippen LogP contribution in [-0.4, -0.2) is 40.1 Å². The van der Waals surface area contributed by atoms with E-state index in [0.29, 0.717) is 4.47 Å². The fraction of sp³-hybridized carbons (Fsp3) is 0.545. The summed E-state index contributed by atoms with van der Waals surface area (Å²) < 4.78 is 7.04. The van der Waals surface area contributed by atoms with Crippen LogP contribution in [0.4, 0.5) is 0 Å². The normalized spacial score (nSPS) is 12.1. The van der Waals surface area contributed by atoms with Crippen LogP contribution in [0.15, 0.2) is 4.47 Å². The van der Waals surface area contributed by atoms with Crippen LogP contribution in [0.5, 0.6) is 0 Å². The van der Waals surface area contributed by atoms with Crippen molar-refractivity contribution in [1.82, 2.24) is 15.1 Å². The minimum Gasteiger partial charge on any atom is -0.464 e. The minimum absolute atomic E-state index is 0.161. The molecule has 1 heterocycles. The van der Waals surface area contributed by atoms with Gasteiger partial charge in [0, 0.05) is 12.8 Å². The summed E-state index contributed by atoms with van der Waals surface area (Å²) in [5, 5.41) is 6.64. The summed E-state index contributed by atoms with van der Waals surface area (Å²) in [4.78, 5) is 23.6. The first kappa shape index (κ1) is 16.0. The van der Waals surface area contributed by atoms with Gasteiger partial charge in [-0.2, -0.15) is 17.7 Å². The topological polar surface area (TPSA) is 73.2 Å². The van der Waals surface area contributed by atoms with E-state index in [4.69, 9.17) is 4.74 Å². The molecule has 1 N–H and O–H groups in total. The molecule has 106 valence electrons. The summed E-state index contributed by atoms with van der Waals surface area (Å²) >= 11 is 7.34. The van der Waals surface area contributed by atoms with Crippen molar-refractivity contribution in [3.05, 3.63) is 15.9 Å². The Hall–Kier alpha value is -1.02. The molecule has 1 rings (SSSR count). The van der Waals surface area contributed by atoms with Crippen LogP contribution in [0.25, 0.3) is 0 Å². The number of carbonyl (C=O) groups excluding carboxylic acids is 2. The Balaban J connectivity index is 2.83. The second-order valence-corrected chi connectivity index (χ2v) is 4.99. The molecule has 1 aromatic heterocycles. The van der Waals surface area contributed by atoms with E-state index in [-0.39, 0.29) is 18.1 Å². The van der Waals surface area contributed by atoms with Gasteiger partial charge in [-0.15, -0.1) is 0 Å². The summed E-state index contributed by atoms with van der Waals surface area (Å²) in [5.74, 6) is -0.786. The van der Waals surface area contributed by atoms with Gasteiger partial charge in [-0.3, -0.25) is 9.48 Å². The second-order valence-electron chi connectivity index (χ2n) is 3.83. The van der Waals surface area contributed by atoms with Gasteiger partial charge in [0.15, 0.2) is 5.69 Å². The highest BCUT2D eigenvalue weighted by atomic mass is 79.9. The molecule has 6 nitrogen and oxygen atoms in total. The maximum Gasteiger partial charge on any atom is 0.329 e. The van der Waals surface area contributed by atoms with Crippen molar-refractivity contribution >= 4 is 40.4 Å². The van der Waals surface area contributed by atoms with Gasteiger partial charge in [0.2, 0.25) is 0 Å². The standard InChI is InChI=1S/C11H16BrN3O3S/c1-4-18-11(17)7(5-19)13-10(16)9-8(12)6(2)15(3)14-9/h7,19H,4-5H2,1-3H3,(H,13,16)/t7-/m0/s1. The van der Waals surface area contributed by atoms with Gasteiger partial charge in [0.25, 0.3) is 5.91 Å². The van der Waals surface area contributed by atoms with Gasteiger partial charge in [-0.05, 0) is 29.8 Å². The number of aryl methyl sites for hydroxylation is 1. The Morgan fingerprint density at radius 1 is 1.58 bits per heavy atom. The number of rotatable bonds is 5. The molecule has 0 aliphatic carbocycles. The molecule has 1 aromatic rings. The summed E-state index contributed by atoms with van der Waals surface area (Å²) in [7, 11) is 1.73. The fourth-order valence-corrected chi connectivity index (χ4v) is 2.13. The fourth-order valence-electron chi connectivity index (χ4n) is 1.38. The third-order valence-corrected chi connectivity index (χ3v) is 3.85. The predicted molar refractivity (Wildman–Crippen MR) is 77.4 cm³/mol. The number of nitrogens with one attached hydrogen (secondary N) is 1. The van der Waals surface area contributed by atoms with Crippen molar-refractivity contribution in [2.75, 3.05) is 12.4 Å². The molecule has 0 fully saturated rings. The van der Waals surface area contributed by atoms with Gasteiger partial charge >= 0.3 is 5.97 Å². The number of amides is 1. The van der Waals surface area contributed by atoms with Crippen molar-refractivity contribution in [1.29, 1.82) is 0 Å². The summed E-state index contributed by atoms with van der Waals surface area (Å²) in [6.45, 7) is 3.79. The van der Waals surface area contributed by atoms with E-state index in [2.05, 4.69) is 39.0 Å². The third-order valence-electron chi connectivity index (χ3n) is 2.54. The van der Waals surface area contributed by atoms with Crippen LogP contribution in [0, 0.1) is 6.92 Å². The molecule has 0 aliphatic rings. The number of halogens is 1. The summed E-state index contributed by atoms with van der Waals surface area (Å²) in [6, 6.07) is -0.787. The van der Waals surface area contributed by atoms with Gasteiger partial charge in [-0.1, -0.05) is 0 Å². The Kier molecular flexibility index (Phi) is 5.86. The Bertz CT molecular complexity index is 490. The van der Waals surface area contributed by atoms with Crippen LogP contribution in [0.3, 0.4) is 0 Å². The van der Waals surface area contributed by atoms with Crippen LogP contribution < -0.4 is 5.32 Å². The van der Waals surface area contributed by atoms with E-state index in [1.165, 1.54) is 0 Å². The zero-order valence-electron chi connectivity index (χ0n) is 10.9. The Morgan fingerprint density at radius 3 is 2.63 bits per heavy atom. The van der Waals surface area contributed by atoms with Gasteiger partial charge in [0.1, 0.15) is 6.04 Å². The number of hydrogen-bond acceptors (Lipinski definition) is 5. The zero-order chi connectivity index (χ0) is 14.6. The molecule has 0 bridgehead atoms. The van der Waals surface area contributed by atoms with Crippen molar-refractivity contribution in [2.24, 2.45) is 7.05 Å². The van der Waals surface area contributed by atoms with Gasteiger partial charge in [0.05, 0.1) is 16.8 Å². The predicted octanol–water partition coefficient (Wildman–Crippen LogP) is 1.08. The quantitative estimate of drug-likeness (QED) is 0.616. The van der Waals surface area contributed by atoms with Gasteiger partial charge in [-0.25, -0.2) is 4.79 Å². The van der Waals surface area contributed by atoms with Crippen molar-refractivity contribution < 1.29 is 14.3 Å². The lowest BCUT2D eigenvalue weighted by molar-refractivity contribution is -0.144. The molecule has 0 aliphatic heterocycles. The Morgan fingerprint density at radius 2 is 2.21 bits per heavy atom. The smallest absolute Gasteiger partial charge is 0.329 e. The summed E-state index contributed by atoms with van der Waals surface area (Å²) in [6.07, 6.45) is 0. The zero-order valence-corrected chi connectivity index (χ0v) is 13.4. The number of carbonyl (C=O) groups is 2. The van der Waals surface area contributed by atoms with Crippen molar-refractivity contribution in [3.8, 4) is 0 Å². The molecular weight excluding hydrogens is 334 g/mol. The third kappa shape index (κ3) is 3.73. The van der Waals surface area contributed by atoms with E-state index >= 15 is 0 Å². The largest absolute Gasteiger partial charge is 0.464 e. The first-order valence-electron chi connectivity index (χ1n) is 5.69. The highest BCUT2D eigenvalue weighted by molar-refractivity contribution is 9.10. The SMILES string of the molecule is CCOC(=O)[C@H](CS)NC(=O)c1nn(C)c(C)c1Br. The van der Waals surface area contributed by atoms with E-state index < -0.39 is 17.9 Å². The molecule has 19 heavy (non-hydrogen) atoms. The number of aromatic nitrogens is 2. The molecule has 8 heteroatoms. The number of hydrogen-bond donors (Lipinski definition) is 2. The maximum absolute atomic E-state index is 12.1. The van der Waals surface area contributed by atoms with Crippen LogP contribution in [0.1, 0.15) is 23.1 Å². The number of nitrogens with zero attached hydrogens (tertiary/aromatic N) is 2. The van der Waals surface area contributed by atoms with Crippen molar-refractivity contribution in [2.45, 2.75) is 19.9 Å². The molecule has 0 saturated heterocycles.